The minimum Gasteiger partial charge on any atom is -0.457 e. The van der Waals surface area contributed by atoms with Gasteiger partial charge in [-0.3, -0.25) is 4.79 Å². The first-order chi connectivity index (χ1) is 18.7. The molecule has 1 amide bonds. The molecule has 0 bridgehead atoms. The van der Waals surface area contributed by atoms with E-state index in [4.69, 9.17) is 13.9 Å². The Hall–Kier alpha value is -2.58. The summed E-state index contributed by atoms with van der Waals surface area (Å²) in [4.78, 5) is 14.6. The third-order valence-electron chi connectivity index (χ3n) is 6.98. The van der Waals surface area contributed by atoms with Gasteiger partial charge >= 0.3 is 0 Å². The summed E-state index contributed by atoms with van der Waals surface area (Å²) in [6.45, 7) is 12.1. The number of amides is 1. The average Bonchev–Trinajstić information content (AvgIpc) is 2.90. The van der Waals surface area contributed by atoms with E-state index in [9.17, 15) is 4.79 Å². The van der Waals surface area contributed by atoms with Crippen molar-refractivity contribution < 1.29 is 18.7 Å². The molecule has 1 heterocycles. The Morgan fingerprint density at radius 1 is 1.00 bits per heavy atom. The molecule has 5 nitrogen and oxygen atoms in total. The minimum atomic E-state index is -1.15. The molecular weight excluding hydrogens is 523 g/mol. The monoisotopic (exact) mass is 563 g/mol. The highest BCUT2D eigenvalue weighted by Crippen LogP contribution is 2.45. The van der Waals surface area contributed by atoms with Crippen molar-refractivity contribution in [1.82, 2.24) is 0 Å². The smallest absolute Gasteiger partial charge is 0.225 e. The zero-order valence-electron chi connectivity index (χ0n) is 24.0. The van der Waals surface area contributed by atoms with Crippen LogP contribution < -0.4 is 10.1 Å². The lowest BCUT2D eigenvalue weighted by atomic mass is 9.85. The predicted octanol–water partition coefficient (Wildman–Crippen LogP) is 8.00. The van der Waals surface area contributed by atoms with Crippen LogP contribution in [0.1, 0.15) is 56.2 Å². The maximum absolute atomic E-state index is 13.5. The number of anilines is 1. The van der Waals surface area contributed by atoms with Gasteiger partial charge in [0.05, 0.1) is 18.4 Å². The molecule has 0 radical (unpaired) electrons. The van der Waals surface area contributed by atoms with Crippen LogP contribution in [-0.4, -0.2) is 33.9 Å². The first-order valence-corrected chi connectivity index (χ1v) is 17.7. The van der Waals surface area contributed by atoms with Gasteiger partial charge in [0.1, 0.15) is 11.5 Å². The second kappa shape index (κ2) is 13.2. The largest absolute Gasteiger partial charge is 0.457 e. The van der Waals surface area contributed by atoms with Crippen molar-refractivity contribution >= 4 is 32.4 Å². The second-order valence-electron chi connectivity index (χ2n) is 11.4. The number of hydrogen-bond donors (Lipinski definition) is 1. The van der Waals surface area contributed by atoms with E-state index in [-0.39, 0.29) is 23.3 Å². The number of benzene rings is 3. The van der Waals surface area contributed by atoms with Crippen LogP contribution in [0.2, 0.25) is 13.1 Å². The highest BCUT2D eigenvalue weighted by Gasteiger charge is 2.29. The maximum atomic E-state index is 13.5. The highest BCUT2D eigenvalue weighted by molar-refractivity contribution is 7.98. The molecule has 0 aliphatic carbocycles. The molecule has 4 rings (SSSR count). The molecule has 1 aliphatic heterocycles. The Labute approximate surface area is 239 Å². The van der Waals surface area contributed by atoms with Crippen LogP contribution in [0.4, 0.5) is 5.69 Å². The first-order valence-electron chi connectivity index (χ1n) is 13.7. The Morgan fingerprint density at radius 3 is 2.23 bits per heavy atom. The molecule has 208 valence electrons. The Kier molecular flexibility index (Phi) is 9.94. The molecule has 0 saturated heterocycles. The lowest BCUT2D eigenvalue weighted by Crippen LogP contribution is -2.34. The van der Waals surface area contributed by atoms with Gasteiger partial charge in [0.15, 0.2) is 9.04 Å². The topological polar surface area (TPSA) is 56.8 Å². The lowest BCUT2D eigenvalue weighted by Gasteiger charge is -2.32. The number of ether oxygens (including phenoxy) is 2. The average molecular weight is 564 g/mol. The van der Waals surface area contributed by atoms with E-state index in [2.05, 4.69) is 51.3 Å². The van der Waals surface area contributed by atoms with Gasteiger partial charge in [-0.15, -0.1) is 11.8 Å². The zero-order chi connectivity index (χ0) is 28.0. The van der Waals surface area contributed by atoms with Crippen molar-refractivity contribution in [1.29, 1.82) is 0 Å². The van der Waals surface area contributed by atoms with E-state index in [1.165, 1.54) is 0 Å². The van der Waals surface area contributed by atoms with Gasteiger partial charge < -0.3 is 19.2 Å². The summed E-state index contributed by atoms with van der Waals surface area (Å²) in [7, 11) is -1.15. The van der Waals surface area contributed by atoms with Gasteiger partial charge in [-0.25, -0.2) is 0 Å². The van der Waals surface area contributed by atoms with E-state index in [0.29, 0.717) is 19.6 Å². The molecule has 1 unspecified atom stereocenters. The van der Waals surface area contributed by atoms with Crippen LogP contribution in [0, 0.1) is 5.41 Å². The lowest BCUT2D eigenvalue weighted by molar-refractivity contribution is -0.116. The summed E-state index contributed by atoms with van der Waals surface area (Å²) in [5.41, 5.74) is 3.96. The fraction of sp³-hybridized carbons (Fsp3) is 0.406. The molecule has 3 aromatic rings. The number of carbonyl (C=O) groups is 1. The number of hydrogen-bond acceptors (Lipinski definition) is 5. The molecule has 1 atom stereocenters. The molecule has 3 aromatic carbocycles. The van der Waals surface area contributed by atoms with Crippen LogP contribution in [0.3, 0.4) is 0 Å². The van der Waals surface area contributed by atoms with E-state index in [1.807, 2.05) is 60.9 Å². The van der Waals surface area contributed by atoms with Crippen molar-refractivity contribution in [3.8, 4) is 11.5 Å². The molecule has 1 N–H and O–H groups in total. The Morgan fingerprint density at radius 2 is 1.64 bits per heavy atom. The third-order valence-corrected chi connectivity index (χ3v) is 8.63. The summed E-state index contributed by atoms with van der Waals surface area (Å²) in [5, 5.41) is 3.24. The van der Waals surface area contributed by atoms with Crippen LogP contribution in [0.25, 0.3) is 0 Å². The molecule has 7 heteroatoms. The molecule has 0 fully saturated rings. The number of thioether (sulfide) groups is 1. The van der Waals surface area contributed by atoms with Crippen molar-refractivity contribution in [2.45, 2.75) is 70.2 Å². The number of para-hydroxylation sites is 3. The second-order valence-corrected chi connectivity index (χ2v) is 14.6. The van der Waals surface area contributed by atoms with Crippen LogP contribution in [0.5, 0.6) is 11.5 Å². The Bertz CT molecular complexity index is 1230. The molecule has 0 aromatic heterocycles. The SMILES string of the molecule is CSc1cccc(COCCC(O[SiH](C)C)C(C)(C)C)c1NC(=O)CC1c2ccccc2Oc2ccccc21. The minimum absolute atomic E-state index is 0.0302. The van der Waals surface area contributed by atoms with E-state index < -0.39 is 9.04 Å². The van der Waals surface area contributed by atoms with Crippen molar-refractivity contribution in [3.63, 3.8) is 0 Å². The number of rotatable bonds is 11. The normalized spacial score (nSPS) is 13.9. The summed E-state index contributed by atoms with van der Waals surface area (Å²) >= 11 is 1.62. The van der Waals surface area contributed by atoms with Crippen molar-refractivity contribution in [3.05, 3.63) is 83.4 Å². The number of fused-ring (bicyclic) bond motifs is 2. The highest BCUT2D eigenvalue weighted by atomic mass is 32.2. The summed E-state index contributed by atoms with van der Waals surface area (Å²) < 4.78 is 18.6. The maximum Gasteiger partial charge on any atom is 0.225 e. The molecule has 39 heavy (non-hydrogen) atoms. The molecule has 0 spiro atoms. The van der Waals surface area contributed by atoms with E-state index in [0.717, 1.165) is 45.2 Å². The van der Waals surface area contributed by atoms with Crippen LogP contribution >= 0.6 is 11.8 Å². The third kappa shape index (κ3) is 7.54. The summed E-state index contributed by atoms with van der Waals surface area (Å²) in [5.74, 6) is 1.51. The number of carbonyl (C=O) groups excluding carboxylic acids is 1. The van der Waals surface area contributed by atoms with Crippen molar-refractivity contribution in [2.75, 3.05) is 18.2 Å². The fourth-order valence-electron chi connectivity index (χ4n) is 5.02. The van der Waals surface area contributed by atoms with Gasteiger partial charge in [0, 0.05) is 40.5 Å². The molecule has 0 saturated carbocycles. The fourth-order valence-corrected chi connectivity index (χ4v) is 6.82. The van der Waals surface area contributed by atoms with Gasteiger partial charge in [0.25, 0.3) is 0 Å². The van der Waals surface area contributed by atoms with Gasteiger partial charge in [-0.1, -0.05) is 69.3 Å². The Balaban J connectivity index is 1.46. The van der Waals surface area contributed by atoms with Gasteiger partial charge in [-0.2, -0.15) is 0 Å². The molecule has 1 aliphatic rings. The first kappa shape index (κ1) is 29.4. The van der Waals surface area contributed by atoms with E-state index >= 15 is 0 Å². The standard InChI is InChI=1S/C32H41NO4SSi/c1-32(2,3)29(37-39(5)6)18-19-35-21-22-12-11-17-28(38-4)31(22)33-30(34)20-25-23-13-7-9-15-26(23)36-27-16-10-8-14-24(25)27/h7-17,25,29,39H,18-21H2,1-6H3,(H,33,34). The quantitative estimate of drug-likeness (QED) is 0.146. The van der Waals surface area contributed by atoms with Crippen LogP contribution in [0.15, 0.2) is 71.6 Å². The predicted molar refractivity (Wildman–Crippen MR) is 164 cm³/mol. The summed E-state index contributed by atoms with van der Waals surface area (Å²) in [6.07, 6.45) is 3.37. The van der Waals surface area contributed by atoms with Gasteiger partial charge in [0.2, 0.25) is 5.91 Å². The van der Waals surface area contributed by atoms with Crippen LogP contribution in [-0.2, 0) is 20.6 Å². The zero-order valence-corrected chi connectivity index (χ0v) is 25.9. The van der Waals surface area contributed by atoms with E-state index in [1.54, 1.807) is 11.8 Å². The van der Waals surface area contributed by atoms with Gasteiger partial charge in [-0.05, 0) is 49.4 Å². The summed E-state index contributed by atoms with van der Waals surface area (Å²) in [6, 6.07) is 22.1. The number of nitrogens with one attached hydrogen (secondary N) is 1. The van der Waals surface area contributed by atoms with Crippen molar-refractivity contribution in [2.24, 2.45) is 5.41 Å². The molecular formula is C32H41NO4SSi.